The number of rotatable bonds is 4. The summed E-state index contributed by atoms with van der Waals surface area (Å²) in [4.78, 5) is 11.7. The lowest BCUT2D eigenvalue weighted by Crippen LogP contribution is -2.51. The second-order valence-electron chi connectivity index (χ2n) is 3.87. The predicted molar refractivity (Wildman–Crippen MR) is 53.5 cm³/mol. The van der Waals surface area contributed by atoms with E-state index in [1.165, 1.54) is 0 Å². The minimum absolute atomic E-state index is 0.128. The molecule has 0 saturated carbocycles. The van der Waals surface area contributed by atoms with Crippen LogP contribution in [0.3, 0.4) is 0 Å². The van der Waals surface area contributed by atoms with Gasteiger partial charge in [0, 0.05) is 0 Å². The van der Waals surface area contributed by atoms with E-state index >= 15 is 0 Å². The van der Waals surface area contributed by atoms with Crippen LogP contribution in [-0.2, 0) is 14.3 Å². The first-order valence-electron chi connectivity index (χ1n) is 5.48. The molecule has 0 aromatic rings. The maximum Gasteiger partial charge on any atom is 0.411 e. The number of carbonyl (C=O) groups excluding carboxylic acids is 1. The summed E-state index contributed by atoms with van der Waals surface area (Å²) in [5.74, 6) is -0.703. The van der Waals surface area contributed by atoms with Crippen LogP contribution < -0.4 is 5.32 Å². The molecule has 0 bridgehead atoms. The lowest BCUT2D eigenvalue weighted by atomic mass is 9.92. The van der Waals surface area contributed by atoms with Gasteiger partial charge in [-0.2, -0.15) is 13.2 Å². The Labute approximate surface area is 97.5 Å². The highest BCUT2D eigenvalue weighted by atomic mass is 19.4. The van der Waals surface area contributed by atoms with E-state index < -0.39 is 24.4 Å². The van der Waals surface area contributed by atoms with Gasteiger partial charge in [-0.25, -0.2) is 4.79 Å². The number of halogens is 3. The normalized spacial score (nSPS) is 20.0. The number of ether oxygens (including phenoxy) is 2. The number of hydrogen-bond acceptors (Lipinski definition) is 4. The van der Waals surface area contributed by atoms with E-state index in [-0.39, 0.29) is 19.4 Å². The fourth-order valence-corrected chi connectivity index (χ4v) is 1.72. The standard InChI is InChI=1S/C10H16F3NO3/c1-2-16-8(15)9(3-5-14-6-4-9)17-7-10(11,12)13/h14H,2-7H2,1H3. The van der Waals surface area contributed by atoms with Crippen LogP contribution in [0.2, 0.25) is 0 Å². The Balaban J connectivity index is 2.68. The first-order chi connectivity index (χ1) is 7.90. The summed E-state index contributed by atoms with van der Waals surface area (Å²) in [6.45, 7) is 1.19. The molecule has 0 amide bonds. The summed E-state index contributed by atoms with van der Waals surface area (Å²) in [5.41, 5.74) is -1.45. The van der Waals surface area contributed by atoms with Gasteiger partial charge >= 0.3 is 12.1 Å². The molecule has 0 aliphatic carbocycles. The molecular formula is C10H16F3NO3. The Hall–Kier alpha value is -0.820. The second-order valence-corrected chi connectivity index (χ2v) is 3.87. The van der Waals surface area contributed by atoms with E-state index in [2.05, 4.69) is 5.32 Å². The minimum Gasteiger partial charge on any atom is -0.464 e. The monoisotopic (exact) mass is 255 g/mol. The van der Waals surface area contributed by atoms with Crippen LogP contribution in [0.25, 0.3) is 0 Å². The summed E-state index contributed by atoms with van der Waals surface area (Å²) in [6.07, 6.45) is -4.05. The molecule has 4 nitrogen and oxygen atoms in total. The molecule has 0 radical (unpaired) electrons. The average molecular weight is 255 g/mol. The van der Waals surface area contributed by atoms with Gasteiger partial charge in [0.2, 0.25) is 0 Å². The van der Waals surface area contributed by atoms with Gasteiger partial charge in [-0.05, 0) is 32.9 Å². The molecule has 1 aliphatic rings. The summed E-state index contributed by atoms with van der Waals surface area (Å²) in [6, 6.07) is 0. The molecule has 1 rings (SSSR count). The predicted octanol–water partition coefficient (Wildman–Crippen LogP) is 1.25. The van der Waals surface area contributed by atoms with Gasteiger partial charge in [0.1, 0.15) is 6.61 Å². The van der Waals surface area contributed by atoms with E-state index in [4.69, 9.17) is 9.47 Å². The van der Waals surface area contributed by atoms with E-state index in [0.717, 1.165) is 0 Å². The van der Waals surface area contributed by atoms with Crippen LogP contribution in [0.1, 0.15) is 19.8 Å². The Bertz CT molecular complexity index is 262. The molecule has 0 aromatic carbocycles. The van der Waals surface area contributed by atoms with Crippen molar-refractivity contribution in [3.63, 3.8) is 0 Å². The second kappa shape index (κ2) is 5.68. The van der Waals surface area contributed by atoms with Crippen LogP contribution in [0.15, 0.2) is 0 Å². The van der Waals surface area contributed by atoms with Gasteiger partial charge in [0.15, 0.2) is 5.60 Å². The van der Waals surface area contributed by atoms with Crippen molar-refractivity contribution in [2.75, 3.05) is 26.3 Å². The molecule has 0 unspecified atom stereocenters. The van der Waals surface area contributed by atoms with Gasteiger partial charge in [-0.15, -0.1) is 0 Å². The summed E-state index contributed by atoms with van der Waals surface area (Å²) in [5, 5.41) is 2.96. The minimum atomic E-state index is -4.44. The lowest BCUT2D eigenvalue weighted by molar-refractivity contribution is -0.219. The van der Waals surface area contributed by atoms with Crippen molar-refractivity contribution >= 4 is 5.97 Å². The van der Waals surface area contributed by atoms with Gasteiger partial charge in [0.25, 0.3) is 0 Å². The number of piperidine rings is 1. The van der Waals surface area contributed by atoms with Crippen LogP contribution in [0, 0.1) is 0 Å². The van der Waals surface area contributed by atoms with E-state index in [9.17, 15) is 18.0 Å². The summed E-state index contributed by atoms with van der Waals surface area (Å²) >= 11 is 0. The molecule has 1 aliphatic heterocycles. The third-order valence-electron chi connectivity index (χ3n) is 2.57. The lowest BCUT2D eigenvalue weighted by Gasteiger charge is -2.35. The quantitative estimate of drug-likeness (QED) is 0.768. The first-order valence-corrected chi connectivity index (χ1v) is 5.48. The first kappa shape index (κ1) is 14.2. The third-order valence-corrected chi connectivity index (χ3v) is 2.57. The number of carbonyl (C=O) groups is 1. The van der Waals surface area contributed by atoms with Gasteiger partial charge < -0.3 is 14.8 Å². The Morgan fingerprint density at radius 3 is 2.41 bits per heavy atom. The van der Waals surface area contributed by atoms with E-state index in [1.807, 2.05) is 0 Å². The highest BCUT2D eigenvalue weighted by Crippen LogP contribution is 2.28. The van der Waals surface area contributed by atoms with E-state index in [0.29, 0.717) is 13.1 Å². The molecule has 0 aromatic heterocycles. The molecule has 0 atom stereocenters. The topological polar surface area (TPSA) is 47.6 Å². The van der Waals surface area contributed by atoms with Crippen molar-refractivity contribution in [1.82, 2.24) is 5.32 Å². The largest absolute Gasteiger partial charge is 0.464 e. The number of hydrogen-bond donors (Lipinski definition) is 1. The summed E-state index contributed by atoms with van der Waals surface area (Å²) in [7, 11) is 0. The van der Waals surface area contributed by atoms with Crippen molar-refractivity contribution in [3.8, 4) is 0 Å². The fraction of sp³-hybridized carbons (Fsp3) is 0.900. The van der Waals surface area contributed by atoms with E-state index in [1.54, 1.807) is 6.92 Å². The number of nitrogens with one attached hydrogen (secondary N) is 1. The van der Waals surface area contributed by atoms with Crippen molar-refractivity contribution < 1.29 is 27.4 Å². The molecular weight excluding hydrogens is 239 g/mol. The van der Waals surface area contributed by atoms with Gasteiger partial charge in [0.05, 0.1) is 6.61 Å². The van der Waals surface area contributed by atoms with Gasteiger partial charge in [-0.1, -0.05) is 0 Å². The molecule has 17 heavy (non-hydrogen) atoms. The molecule has 100 valence electrons. The molecule has 0 spiro atoms. The molecule has 1 fully saturated rings. The van der Waals surface area contributed by atoms with Crippen molar-refractivity contribution in [2.45, 2.75) is 31.5 Å². The maximum absolute atomic E-state index is 12.1. The molecule has 7 heteroatoms. The average Bonchev–Trinajstić information content (AvgIpc) is 2.27. The Morgan fingerprint density at radius 1 is 1.35 bits per heavy atom. The highest BCUT2D eigenvalue weighted by molar-refractivity contribution is 5.79. The SMILES string of the molecule is CCOC(=O)C1(OCC(F)(F)F)CCNCC1. The Kier molecular flexibility index (Phi) is 4.76. The number of alkyl halides is 3. The molecule has 1 saturated heterocycles. The number of esters is 1. The molecule has 1 heterocycles. The van der Waals surface area contributed by atoms with Crippen LogP contribution in [-0.4, -0.2) is 44.0 Å². The van der Waals surface area contributed by atoms with Crippen LogP contribution >= 0.6 is 0 Å². The highest BCUT2D eigenvalue weighted by Gasteiger charge is 2.45. The van der Waals surface area contributed by atoms with Crippen LogP contribution in [0.5, 0.6) is 0 Å². The van der Waals surface area contributed by atoms with Crippen molar-refractivity contribution in [1.29, 1.82) is 0 Å². The van der Waals surface area contributed by atoms with Gasteiger partial charge in [-0.3, -0.25) is 0 Å². The third kappa shape index (κ3) is 4.16. The smallest absolute Gasteiger partial charge is 0.411 e. The van der Waals surface area contributed by atoms with Crippen LogP contribution in [0.4, 0.5) is 13.2 Å². The zero-order valence-corrected chi connectivity index (χ0v) is 9.60. The zero-order valence-electron chi connectivity index (χ0n) is 9.60. The zero-order chi connectivity index (χ0) is 12.9. The fourth-order valence-electron chi connectivity index (χ4n) is 1.72. The molecule has 1 N–H and O–H groups in total. The van der Waals surface area contributed by atoms with Crippen molar-refractivity contribution in [3.05, 3.63) is 0 Å². The summed E-state index contributed by atoms with van der Waals surface area (Å²) < 4.78 is 46.0. The van der Waals surface area contributed by atoms with Crippen molar-refractivity contribution in [2.24, 2.45) is 0 Å². The maximum atomic E-state index is 12.1. The Morgan fingerprint density at radius 2 is 1.94 bits per heavy atom.